The highest BCUT2D eigenvalue weighted by Crippen LogP contribution is 2.18. The number of carbonyl (C=O) groups excluding carboxylic acids is 1. The summed E-state index contributed by atoms with van der Waals surface area (Å²) in [6.07, 6.45) is 0. The molecule has 138 valence electrons. The first kappa shape index (κ1) is 18.0. The van der Waals surface area contributed by atoms with Gasteiger partial charge in [-0.15, -0.1) is 0 Å². The van der Waals surface area contributed by atoms with Crippen LogP contribution in [0.5, 0.6) is 0 Å². The Kier molecular flexibility index (Phi) is 4.71. The van der Waals surface area contributed by atoms with Gasteiger partial charge in [0.1, 0.15) is 5.82 Å². The molecule has 0 unspecified atom stereocenters. The van der Waals surface area contributed by atoms with E-state index in [2.05, 4.69) is 26.4 Å². The largest absolute Gasteiger partial charge is 0.340 e. The van der Waals surface area contributed by atoms with Gasteiger partial charge < -0.3 is 15.2 Å². The van der Waals surface area contributed by atoms with Crippen LogP contribution < -0.4 is 5.32 Å². The van der Waals surface area contributed by atoms with Crippen LogP contribution in [0.2, 0.25) is 0 Å². The Balaban J connectivity index is 1.69. The molecule has 0 radical (unpaired) electrons. The van der Waals surface area contributed by atoms with Crippen LogP contribution in [0.3, 0.4) is 0 Å². The molecule has 0 spiro atoms. The van der Waals surface area contributed by atoms with Crippen molar-refractivity contribution in [3.8, 4) is 0 Å². The van der Waals surface area contributed by atoms with E-state index >= 15 is 0 Å². The first-order valence-corrected chi connectivity index (χ1v) is 8.73. The average molecular weight is 354 g/mol. The molecule has 2 amide bonds. The fraction of sp³-hybridized carbons (Fsp3) is 0.421. The number of fused-ring (bicyclic) bond motifs is 1. The highest BCUT2D eigenvalue weighted by Gasteiger charge is 2.19. The lowest BCUT2D eigenvalue weighted by Crippen LogP contribution is -2.38. The molecule has 7 heteroatoms. The van der Waals surface area contributed by atoms with Gasteiger partial charge in [0.15, 0.2) is 0 Å². The van der Waals surface area contributed by atoms with Crippen LogP contribution in [0.25, 0.3) is 11.0 Å². The Labute approximate surface area is 153 Å². The molecular formula is C19H26N6O. The summed E-state index contributed by atoms with van der Waals surface area (Å²) in [5, 5.41) is 7.41. The second-order valence-corrected chi connectivity index (χ2v) is 6.94. The minimum Gasteiger partial charge on any atom is -0.340 e. The number of aromatic amines is 1. The minimum atomic E-state index is -0.214. The fourth-order valence-corrected chi connectivity index (χ4v) is 3.07. The third-order valence-corrected chi connectivity index (χ3v) is 4.81. The maximum atomic E-state index is 12.6. The number of H-pyrrole nitrogens is 1. The Hall–Kier alpha value is -2.83. The number of benzene rings is 1. The fourth-order valence-electron chi connectivity index (χ4n) is 3.07. The highest BCUT2D eigenvalue weighted by atomic mass is 16.2. The number of imidazole rings is 1. The monoisotopic (exact) mass is 354 g/mol. The van der Waals surface area contributed by atoms with Crippen molar-refractivity contribution < 1.29 is 4.79 Å². The van der Waals surface area contributed by atoms with E-state index in [1.54, 1.807) is 11.9 Å². The number of urea groups is 1. The highest BCUT2D eigenvalue weighted by molar-refractivity contribution is 5.77. The number of amides is 2. The lowest BCUT2D eigenvalue weighted by atomic mass is 10.2. The SMILES string of the molecule is Cc1ccc2nc([C@H](C)NC(=O)N(C)Cc3c(C)nn(C)c3C)[nH]c2c1. The molecule has 7 nitrogen and oxygen atoms in total. The Morgan fingerprint density at radius 3 is 2.73 bits per heavy atom. The molecular weight excluding hydrogens is 328 g/mol. The van der Waals surface area contributed by atoms with Gasteiger partial charge in [0, 0.05) is 25.4 Å². The van der Waals surface area contributed by atoms with E-state index in [1.165, 1.54) is 5.56 Å². The van der Waals surface area contributed by atoms with Gasteiger partial charge >= 0.3 is 6.03 Å². The number of rotatable bonds is 4. The molecule has 1 atom stereocenters. The summed E-state index contributed by atoms with van der Waals surface area (Å²) in [6, 6.07) is 5.72. The van der Waals surface area contributed by atoms with Crippen molar-refractivity contribution in [3.05, 3.63) is 46.5 Å². The maximum absolute atomic E-state index is 12.6. The van der Waals surface area contributed by atoms with Crippen LogP contribution in [0.1, 0.15) is 41.3 Å². The van der Waals surface area contributed by atoms with E-state index < -0.39 is 0 Å². The third kappa shape index (κ3) is 3.42. The van der Waals surface area contributed by atoms with Crippen LogP contribution in [0.15, 0.2) is 18.2 Å². The van der Waals surface area contributed by atoms with Crippen LogP contribution >= 0.6 is 0 Å². The molecule has 0 bridgehead atoms. The molecule has 0 saturated heterocycles. The standard InChI is InChI=1S/C19H26N6O/c1-11-7-8-16-17(9-11)22-18(21-16)13(3)20-19(26)24(5)10-15-12(2)23-25(6)14(15)4/h7-9,13H,10H2,1-6H3,(H,20,26)(H,21,22)/t13-/m0/s1. The van der Waals surface area contributed by atoms with Crippen LogP contribution in [0.4, 0.5) is 4.79 Å². The van der Waals surface area contributed by atoms with Gasteiger partial charge in [-0.1, -0.05) is 6.07 Å². The van der Waals surface area contributed by atoms with Crippen molar-refractivity contribution >= 4 is 17.1 Å². The minimum absolute atomic E-state index is 0.142. The van der Waals surface area contributed by atoms with E-state index in [-0.39, 0.29) is 12.1 Å². The smallest absolute Gasteiger partial charge is 0.318 e. The number of nitrogens with zero attached hydrogens (tertiary/aromatic N) is 4. The number of aromatic nitrogens is 4. The van der Waals surface area contributed by atoms with Gasteiger partial charge in [-0.3, -0.25) is 4.68 Å². The quantitative estimate of drug-likeness (QED) is 0.755. The van der Waals surface area contributed by atoms with Crippen LogP contribution in [-0.2, 0) is 13.6 Å². The van der Waals surface area contributed by atoms with Crippen molar-refractivity contribution in [2.75, 3.05) is 7.05 Å². The number of aryl methyl sites for hydroxylation is 3. The predicted octanol–water partition coefficient (Wildman–Crippen LogP) is 3.12. The van der Waals surface area contributed by atoms with Crippen molar-refractivity contribution in [1.82, 2.24) is 30.0 Å². The zero-order valence-corrected chi connectivity index (χ0v) is 16.2. The molecule has 0 aliphatic carbocycles. The zero-order chi connectivity index (χ0) is 19.0. The summed E-state index contributed by atoms with van der Waals surface area (Å²) in [4.78, 5) is 22.1. The van der Waals surface area contributed by atoms with Crippen molar-refractivity contribution in [1.29, 1.82) is 0 Å². The second kappa shape index (κ2) is 6.82. The Morgan fingerprint density at radius 1 is 1.35 bits per heavy atom. The van der Waals surface area contributed by atoms with Gasteiger partial charge in [-0.25, -0.2) is 9.78 Å². The van der Waals surface area contributed by atoms with E-state index in [0.29, 0.717) is 6.54 Å². The number of nitrogens with one attached hydrogen (secondary N) is 2. The molecule has 0 aliphatic rings. The summed E-state index contributed by atoms with van der Waals surface area (Å²) >= 11 is 0. The van der Waals surface area contributed by atoms with E-state index in [4.69, 9.17) is 0 Å². The molecule has 2 heterocycles. The average Bonchev–Trinajstić information content (AvgIpc) is 3.10. The van der Waals surface area contributed by atoms with Gasteiger partial charge in [-0.2, -0.15) is 5.10 Å². The van der Waals surface area contributed by atoms with Gasteiger partial charge in [0.25, 0.3) is 0 Å². The molecule has 26 heavy (non-hydrogen) atoms. The summed E-state index contributed by atoms with van der Waals surface area (Å²) in [5.41, 5.74) is 6.16. The van der Waals surface area contributed by atoms with Crippen molar-refractivity contribution in [2.45, 2.75) is 40.3 Å². The first-order valence-electron chi connectivity index (χ1n) is 8.73. The van der Waals surface area contributed by atoms with Crippen LogP contribution in [0, 0.1) is 20.8 Å². The van der Waals surface area contributed by atoms with Gasteiger partial charge in [0.2, 0.25) is 0 Å². The van der Waals surface area contributed by atoms with Crippen LogP contribution in [-0.4, -0.2) is 37.7 Å². The lowest BCUT2D eigenvalue weighted by Gasteiger charge is -2.20. The van der Waals surface area contributed by atoms with E-state index in [0.717, 1.165) is 33.8 Å². The molecule has 0 fully saturated rings. The normalized spacial score (nSPS) is 12.4. The third-order valence-electron chi connectivity index (χ3n) is 4.81. The number of hydrogen-bond donors (Lipinski definition) is 2. The second-order valence-electron chi connectivity index (χ2n) is 6.94. The van der Waals surface area contributed by atoms with E-state index in [1.807, 2.05) is 51.6 Å². The molecule has 1 aromatic carbocycles. The Morgan fingerprint density at radius 2 is 2.08 bits per heavy atom. The summed E-state index contributed by atoms with van der Waals surface area (Å²) in [7, 11) is 3.70. The summed E-state index contributed by atoms with van der Waals surface area (Å²) in [5.74, 6) is 0.751. The van der Waals surface area contributed by atoms with E-state index in [9.17, 15) is 4.79 Å². The zero-order valence-electron chi connectivity index (χ0n) is 16.2. The molecule has 2 N–H and O–H groups in total. The lowest BCUT2D eigenvalue weighted by molar-refractivity contribution is 0.203. The Bertz CT molecular complexity index is 954. The molecule has 2 aromatic heterocycles. The maximum Gasteiger partial charge on any atom is 0.318 e. The first-order chi connectivity index (χ1) is 12.3. The number of carbonyl (C=O) groups is 1. The topological polar surface area (TPSA) is 78.8 Å². The van der Waals surface area contributed by atoms with Gasteiger partial charge in [0.05, 0.1) is 29.3 Å². The number of hydrogen-bond acceptors (Lipinski definition) is 3. The molecule has 0 saturated carbocycles. The molecule has 3 aromatic rings. The summed E-state index contributed by atoms with van der Waals surface area (Å²) < 4.78 is 1.84. The molecule has 3 rings (SSSR count). The van der Waals surface area contributed by atoms with Gasteiger partial charge in [-0.05, 0) is 45.4 Å². The van der Waals surface area contributed by atoms with Crippen molar-refractivity contribution in [3.63, 3.8) is 0 Å². The molecule has 0 aliphatic heterocycles. The predicted molar refractivity (Wildman–Crippen MR) is 102 cm³/mol. The summed E-state index contributed by atoms with van der Waals surface area (Å²) in [6.45, 7) is 8.47. The van der Waals surface area contributed by atoms with Crippen molar-refractivity contribution in [2.24, 2.45) is 7.05 Å².